The van der Waals surface area contributed by atoms with Crippen molar-refractivity contribution in [1.82, 2.24) is 5.43 Å². The van der Waals surface area contributed by atoms with Gasteiger partial charge in [-0.1, -0.05) is 67.9 Å². The SMILES string of the molecule is CCCCc1ccc(NC(=O)C(=O)N/N=C\c2cccc3ccccc23)cc1. The van der Waals surface area contributed by atoms with Crippen molar-refractivity contribution >= 4 is 34.5 Å². The molecular formula is C23H23N3O2. The summed E-state index contributed by atoms with van der Waals surface area (Å²) in [7, 11) is 0. The number of rotatable bonds is 6. The standard InChI is InChI=1S/C23H23N3O2/c1-2-3-7-17-12-14-20(15-13-17)25-22(27)23(28)26-24-16-19-10-6-9-18-8-4-5-11-21(18)19/h4-6,8-16H,2-3,7H2,1H3,(H,25,27)(H,26,28)/b24-16-. The number of carbonyl (C=O) groups is 2. The molecule has 0 aliphatic heterocycles. The molecule has 3 aromatic rings. The maximum Gasteiger partial charge on any atom is 0.329 e. The Hall–Kier alpha value is -3.47. The number of hydrogen-bond donors (Lipinski definition) is 2. The summed E-state index contributed by atoms with van der Waals surface area (Å²) >= 11 is 0. The lowest BCUT2D eigenvalue weighted by atomic mass is 10.1. The Bertz CT molecular complexity index is 989. The summed E-state index contributed by atoms with van der Waals surface area (Å²) in [5, 5.41) is 8.60. The third-order valence-electron chi connectivity index (χ3n) is 4.43. The van der Waals surface area contributed by atoms with Gasteiger partial charge < -0.3 is 5.32 Å². The van der Waals surface area contributed by atoms with Crippen LogP contribution in [0.3, 0.4) is 0 Å². The summed E-state index contributed by atoms with van der Waals surface area (Å²) in [6.07, 6.45) is 4.81. The van der Waals surface area contributed by atoms with Crippen molar-refractivity contribution in [3.63, 3.8) is 0 Å². The van der Waals surface area contributed by atoms with Crippen molar-refractivity contribution in [2.75, 3.05) is 5.32 Å². The topological polar surface area (TPSA) is 70.6 Å². The Morgan fingerprint density at radius 2 is 1.68 bits per heavy atom. The molecule has 0 spiro atoms. The molecule has 3 rings (SSSR count). The van der Waals surface area contributed by atoms with E-state index in [1.165, 1.54) is 11.8 Å². The predicted molar refractivity (Wildman–Crippen MR) is 113 cm³/mol. The highest BCUT2D eigenvalue weighted by molar-refractivity contribution is 6.39. The first-order valence-electron chi connectivity index (χ1n) is 9.38. The van der Waals surface area contributed by atoms with Gasteiger partial charge in [0.2, 0.25) is 0 Å². The zero-order valence-corrected chi connectivity index (χ0v) is 15.8. The number of fused-ring (bicyclic) bond motifs is 1. The molecule has 0 aliphatic rings. The Morgan fingerprint density at radius 3 is 2.46 bits per heavy atom. The predicted octanol–water partition coefficient (Wildman–Crippen LogP) is 4.27. The first-order chi connectivity index (χ1) is 13.7. The number of nitrogens with one attached hydrogen (secondary N) is 2. The zero-order valence-electron chi connectivity index (χ0n) is 15.8. The van der Waals surface area contributed by atoms with E-state index in [9.17, 15) is 9.59 Å². The molecule has 2 N–H and O–H groups in total. The number of benzene rings is 3. The van der Waals surface area contributed by atoms with Crippen LogP contribution in [-0.2, 0) is 16.0 Å². The van der Waals surface area contributed by atoms with Gasteiger partial charge >= 0.3 is 11.8 Å². The van der Waals surface area contributed by atoms with Gasteiger partial charge in [0.25, 0.3) is 0 Å². The van der Waals surface area contributed by atoms with E-state index in [1.54, 1.807) is 12.1 Å². The molecule has 0 radical (unpaired) electrons. The molecule has 3 aromatic carbocycles. The molecule has 0 atom stereocenters. The normalized spacial score (nSPS) is 10.9. The Kier molecular flexibility index (Phi) is 6.52. The van der Waals surface area contributed by atoms with E-state index in [-0.39, 0.29) is 0 Å². The van der Waals surface area contributed by atoms with E-state index in [0.29, 0.717) is 5.69 Å². The molecule has 142 valence electrons. The van der Waals surface area contributed by atoms with Gasteiger partial charge in [-0.05, 0) is 41.3 Å². The van der Waals surface area contributed by atoms with E-state index in [4.69, 9.17) is 0 Å². The minimum atomic E-state index is -0.813. The fourth-order valence-electron chi connectivity index (χ4n) is 2.90. The first kappa shape index (κ1) is 19.3. The van der Waals surface area contributed by atoms with Crippen LogP contribution in [-0.4, -0.2) is 18.0 Å². The van der Waals surface area contributed by atoms with Gasteiger partial charge in [0, 0.05) is 11.3 Å². The molecule has 0 unspecified atom stereocenters. The van der Waals surface area contributed by atoms with E-state index in [1.807, 2.05) is 54.6 Å². The largest absolute Gasteiger partial charge is 0.329 e. The number of hydrogen-bond acceptors (Lipinski definition) is 3. The maximum atomic E-state index is 12.0. The van der Waals surface area contributed by atoms with Crippen LogP contribution in [0.15, 0.2) is 71.8 Å². The lowest BCUT2D eigenvalue weighted by molar-refractivity contribution is -0.136. The lowest BCUT2D eigenvalue weighted by Gasteiger charge is -2.06. The third kappa shape index (κ3) is 5.04. The quantitative estimate of drug-likeness (QED) is 0.385. The summed E-state index contributed by atoms with van der Waals surface area (Å²) in [6.45, 7) is 2.15. The smallest absolute Gasteiger partial charge is 0.318 e. The molecule has 0 heterocycles. The van der Waals surface area contributed by atoms with Crippen LogP contribution < -0.4 is 10.7 Å². The van der Waals surface area contributed by atoms with Crippen LogP contribution in [0.25, 0.3) is 10.8 Å². The van der Waals surface area contributed by atoms with Crippen LogP contribution in [0.5, 0.6) is 0 Å². The fraction of sp³-hybridized carbons (Fsp3) is 0.174. The highest BCUT2D eigenvalue weighted by Gasteiger charge is 2.12. The monoisotopic (exact) mass is 373 g/mol. The maximum absolute atomic E-state index is 12.0. The molecule has 0 saturated heterocycles. The van der Waals surface area contributed by atoms with Gasteiger partial charge in [0.05, 0.1) is 6.21 Å². The summed E-state index contributed by atoms with van der Waals surface area (Å²) in [5.74, 6) is -1.57. The van der Waals surface area contributed by atoms with E-state index in [2.05, 4.69) is 22.8 Å². The van der Waals surface area contributed by atoms with Crippen LogP contribution >= 0.6 is 0 Å². The van der Waals surface area contributed by atoms with Crippen molar-refractivity contribution < 1.29 is 9.59 Å². The van der Waals surface area contributed by atoms with E-state index >= 15 is 0 Å². The molecule has 0 aromatic heterocycles. The van der Waals surface area contributed by atoms with E-state index in [0.717, 1.165) is 35.6 Å². The summed E-state index contributed by atoms with van der Waals surface area (Å²) in [4.78, 5) is 24.0. The molecular weight excluding hydrogens is 350 g/mol. The second-order valence-corrected chi connectivity index (χ2v) is 6.52. The van der Waals surface area contributed by atoms with Crippen molar-refractivity contribution in [2.24, 2.45) is 5.10 Å². The lowest BCUT2D eigenvalue weighted by Crippen LogP contribution is -2.32. The molecule has 0 fully saturated rings. The number of nitrogens with zero attached hydrogens (tertiary/aromatic N) is 1. The number of anilines is 1. The average Bonchev–Trinajstić information content (AvgIpc) is 2.73. The molecule has 2 amide bonds. The van der Waals surface area contributed by atoms with Crippen LogP contribution in [0.1, 0.15) is 30.9 Å². The van der Waals surface area contributed by atoms with Crippen molar-refractivity contribution in [1.29, 1.82) is 0 Å². The van der Waals surface area contributed by atoms with Gasteiger partial charge in [-0.15, -0.1) is 0 Å². The molecule has 0 aliphatic carbocycles. The van der Waals surface area contributed by atoms with Gasteiger partial charge in [-0.3, -0.25) is 9.59 Å². The summed E-state index contributed by atoms with van der Waals surface area (Å²) < 4.78 is 0. The number of aryl methyl sites for hydroxylation is 1. The Balaban J connectivity index is 1.57. The van der Waals surface area contributed by atoms with Gasteiger partial charge in [-0.2, -0.15) is 5.10 Å². The van der Waals surface area contributed by atoms with Crippen LogP contribution in [0.2, 0.25) is 0 Å². The average molecular weight is 373 g/mol. The highest BCUT2D eigenvalue weighted by Crippen LogP contribution is 2.16. The Morgan fingerprint density at radius 1 is 0.929 bits per heavy atom. The third-order valence-corrected chi connectivity index (χ3v) is 4.43. The molecule has 5 heteroatoms. The fourth-order valence-corrected chi connectivity index (χ4v) is 2.90. The van der Waals surface area contributed by atoms with Crippen LogP contribution in [0.4, 0.5) is 5.69 Å². The van der Waals surface area contributed by atoms with E-state index < -0.39 is 11.8 Å². The van der Waals surface area contributed by atoms with Gasteiger partial charge in [-0.25, -0.2) is 5.43 Å². The Labute approximate surface area is 164 Å². The van der Waals surface area contributed by atoms with Gasteiger partial charge in [0.15, 0.2) is 0 Å². The number of carbonyl (C=O) groups excluding carboxylic acids is 2. The molecule has 5 nitrogen and oxygen atoms in total. The second kappa shape index (κ2) is 9.46. The number of unbranched alkanes of at least 4 members (excludes halogenated alkanes) is 1. The second-order valence-electron chi connectivity index (χ2n) is 6.52. The van der Waals surface area contributed by atoms with Crippen LogP contribution in [0, 0.1) is 0 Å². The minimum Gasteiger partial charge on any atom is -0.318 e. The minimum absolute atomic E-state index is 0.582. The molecule has 0 bridgehead atoms. The van der Waals surface area contributed by atoms with Crippen molar-refractivity contribution in [2.45, 2.75) is 26.2 Å². The number of hydrazone groups is 1. The number of amides is 2. The van der Waals surface area contributed by atoms with Crippen molar-refractivity contribution in [3.8, 4) is 0 Å². The first-order valence-corrected chi connectivity index (χ1v) is 9.38. The summed E-state index contributed by atoms with van der Waals surface area (Å²) in [6, 6.07) is 21.2. The van der Waals surface area contributed by atoms with Gasteiger partial charge in [0.1, 0.15) is 0 Å². The molecule has 0 saturated carbocycles. The summed E-state index contributed by atoms with van der Waals surface area (Å²) in [5.41, 5.74) is 4.93. The van der Waals surface area contributed by atoms with Crippen molar-refractivity contribution in [3.05, 3.63) is 77.9 Å². The molecule has 28 heavy (non-hydrogen) atoms. The zero-order chi connectivity index (χ0) is 19.8. The highest BCUT2D eigenvalue weighted by atomic mass is 16.2.